The number of carboxylic acids is 1. The molecule has 1 N–H and O–H groups in total. The lowest BCUT2D eigenvalue weighted by Gasteiger charge is -2.40. The monoisotopic (exact) mass is 208 g/mol. The summed E-state index contributed by atoms with van der Waals surface area (Å²) in [6.45, 7) is 2.00. The second kappa shape index (κ2) is 3.36. The van der Waals surface area contributed by atoms with Crippen molar-refractivity contribution in [2.24, 2.45) is 7.05 Å². The predicted octanol–water partition coefficient (Wildman–Crippen LogP) is 1.62. The lowest BCUT2D eigenvalue weighted by Crippen LogP contribution is -2.37. The number of hydrogen-bond acceptors (Lipinski definition) is 2. The Hall–Kier alpha value is -1.32. The zero-order valence-corrected chi connectivity index (χ0v) is 9.16. The first-order chi connectivity index (χ1) is 7.05. The van der Waals surface area contributed by atoms with E-state index in [1.54, 1.807) is 0 Å². The third kappa shape index (κ3) is 1.54. The minimum Gasteiger partial charge on any atom is -0.481 e. The molecule has 15 heavy (non-hydrogen) atoms. The summed E-state index contributed by atoms with van der Waals surface area (Å²) in [6, 6.07) is 0. The van der Waals surface area contributed by atoms with Crippen molar-refractivity contribution in [2.45, 2.75) is 38.0 Å². The van der Waals surface area contributed by atoms with Crippen molar-refractivity contribution in [2.75, 3.05) is 0 Å². The maximum Gasteiger partial charge on any atom is 0.304 e. The summed E-state index contributed by atoms with van der Waals surface area (Å²) >= 11 is 0. The Morgan fingerprint density at radius 1 is 1.67 bits per heavy atom. The lowest BCUT2D eigenvalue weighted by atomic mass is 9.62. The Morgan fingerprint density at radius 2 is 2.33 bits per heavy atom. The van der Waals surface area contributed by atoms with E-state index < -0.39 is 5.97 Å². The molecule has 1 fully saturated rings. The van der Waals surface area contributed by atoms with Crippen molar-refractivity contribution < 1.29 is 9.90 Å². The summed E-state index contributed by atoms with van der Waals surface area (Å²) in [4.78, 5) is 10.9. The fourth-order valence-electron chi connectivity index (χ4n) is 2.45. The van der Waals surface area contributed by atoms with Gasteiger partial charge in [0.25, 0.3) is 0 Å². The Morgan fingerprint density at radius 3 is 2.67 bits per heavy atom. The van der Waals surface area contributed by atoms with Gasteiger partial charge >= 0.3 is 5.97 Å². The highest BCUT2D eigenvalue weighted by atomic mass is 16.4. The Labute approximate surface area is 88.9 Å². The number of aryl methyl sites for hydroxylation is 1. The van der Waals surface area contributed by atoms with Crippen molar-refractivity contribution in [1.82, 2.24) is 9.78 Å². The molecule has 1 heterocycles. The van der Waals surface area contributed by atoms with Gasteiger partial charge in [-0.15, -0.1) is 0 Å². The fraction of sp³-hybridized carbons (Fsp3) is 0.636. The van der Waals surface area contributed by atoms with Gasteiger partial charge in [-0.1, -0.05) is 6.42 Å². The van der Waals surface area contributed by atoms with E-state index in [2.05, 4.69) is 5.10 Å². The van der Waals surface area contributed by atoms with Crippen LogP contribution >= 0.6 is 0 Å². The minimum absolute atomic E-state index is 0.135. The van der Waals surface area contributed by atoms with Crippen molar-refractivity contribution in [3.63, 3.8) is 0 Å². The van der Waals surface area contributed by atoms with Crippen LogP contribution in [0.1, 0.15) is 36.9 Å². The number of carbonyl (C=O) groups is 1. The van der Waals surface area contributed by atoms with E-state index in [9.17, 15) is 4.79 Å². The molecule has 1 saturated carbocycles. The van der Waals surface area contributed by atoms with Gasteiger partial charge < -0.3 is 5.11 Å². The standard InChI is InChI=1S/C11H16N2O2/c1-8-9(7-12-13(8)2)11(4-3-5-11)6-10(14)15/h7H,3-6H2,1-2H3,(H,14,15). The van der Waals surface area contributed by atoms with Crippen molar-refractivity contribution in [3.05, 3.63) is 17.5 Å². The molecule has 4 nitrogen and oxygen atoms in total. The minimum atomic E-state index is -0.710. The Kier molecular flexibility index (Phi) is 2.29. The molecule has 4 heteroatoms. The average molecular weight is 208 g/mol. The summed E-state index contributed by atoms with van der Waals surface area (Å²) in [5.74, 6) is -0.710. The van der Waals surface area contributed by atoms with Crippen LogP contribution in [0.3, 0.4) is 0 Å². The fourth-order valence-corrected chi connectivity index (χ4v) is 2.45. The molecule has 1 aliphatic carbocycles. The van der Waals surface area contributed by atoms with E-state index in [-0.39, 0.29) is 11.8 Å². The van der Waals surface area contributed by atoms with Gasteiger partial charge in [0.15, 0.2) is 0 Å². The SMILES string of the molecule is Cc1c(C2(CC(=O)O)CCC2)cnn1C. The van der Waals surface area contributed by atoms with Gasteiger partial charge in [-0.3, -0.25) is 9.48 Å². The molecule has 0 radical (unpaired) electrons. The van der Waals surface area contributed by atoms with Crippen molar-refractivity contribution >= 4 is 5.97 Å². The van der Waals surface area contributed by atoms with Crippen LogP contribution in [-0.4, -0.2) is 20.9 Å². The van der Waals surface area contributed by atoms with Crippen LogP contribution in [0.2, 0.25) is 0 Å². The van der Waals surface area contributed by atoms with Crippen LogP contribution in [0, 0.1) is 6.92 Å². The number of aromatic nitrogens is 2. The summed E-state index contributed by atoms with van der Waals surface area (Å²) in [5.41, 5.74) is 2.08. The van der Waals surface area contributed by atoms with Gasteiger partial charge in [-0.05, 0) is 25.3 Å². The molecule has 0 aromatic carbocycles. The van der Waals surface area contributed by atoms with Crippen LogP contribution in [0.15, 0.2) is 6.20 Å². The van der Waals surface area contributed by atoms with E-state index in [4.69, 9.17) is 5.11 Å². The quantitative estimate of drug-likeness (QED) is 0.821. The van der Waals surface area contributed by atoms with Crippen LogP contribution < -0.4 is 0 Å². The molecule has 0 aliphatic heterocycles. The van der Waals surface area contributed by atoms with E-state index in [0.717, 1.165) is 30.5 Å². The molecule has 0 spiro atoms. The largest absolute Gasteiger partial charge is 0.481 e. The highest BCUT2D eigenvalue weighted by Crippen LogP contribution is 2.47. The second-order valence-corrected chi connectivity index (χ2v) is 4.47. The topological polar surface area (TPSA) is 55.1 Å². The third-order valence-corrected chi connectivity index (χ3v) is 3.61. The van der Waals surface area contributed by atoms with Gasteiger partial charge in [0.05, 0.1) is 12.6 Å². The predicted molar refractivity (Wildman–Crippen MR) is 55.7 cm³/mol. The first-order valence-corrected chi connectivity index (χ1v) is 5.26. The van der Waals surface area contributed by atoms with Gasteiger partial charge in [-0.25, -0.2) is 0 Å². The molecule has 0 atom stereocenters. The van der Waals surface area contributed by atoms with Crippen LogP contribution in [0.5, 0.6) is 0 Å². The summed E-state index contributed by atoms with van der Waals surface area (Å²) in [6.07, 6.45) is 5.15. The smallest absolute Gasteiger partial charge is 0.304 e. The molecular formula is C11H16N2O2. The molecule has 1 aromatic rings. The zero-order chi connectivity index (χ0) is 11.1. The molecule has 0 unspecified atom stereocenters. The number of hydrogen-bond donors (Lipinski definition) is 1. The number of carboxylic acid groups (broad SMARTS) is 1. The molecule has 82 valence electrons. The molecule has 1 aromatic heterocycles. The van der Waals surface area contributed by atoms with Crippen LogP contribution in [-0.2, 0) is 17.3 Å². The molecule has 0 saturated heterocycles. The first-order valence-electron chi connectivity index (χ1n) is 5.26. The summed E-state index contributed by atoms with van der Waals surface area (Å²) in [5, 5.41) is 13.1. The second-order valence-electron chi connectivity index (χ2n) is 4.47. The number of aliphatic carboxylic acids is 1. The summed E-state index contributed by atoms with van der Waals surface area (Å²) in [7, 11) is 1.89. The highest BCUT2D eigenvalue weighted by Gasteiger charge is 2.42. The molecule has 2 rings (SSSR count). The highest BCUT2D eigenvalue weighted by molar-refractivity contribution is 5.69. The first kappa shape index (κ1) is 10.2. The molecule has 1 aliphatic rings. The molecular weight excluding hydrogens is 192 g/mol. The zero-order valence-electron chi connectivity index (χ0n) is 9.16. The van der Waals surface area contributed by atoms with Crippen molar-refractivity contribution in [3.8, 4) is 0 Å². The van der Waals surface area contributed by atoms with Crippen molar-refractivity contribution in [1.29, 1.82) is 0 Å². The van der Waals surface area contributed by atoms with Gasteiger partial charge in [-0.2, -0.15) is 5.10 Å². The van der Waals surface area contributed by atoms with E-state index in [0.29, 0.717) is 0 Å². The molecule has 0 amide bonds. The van der Waals surface area contributed by atoms with Gasteiger partial charge in [0.2, 0.25) is 0 Å². The Bertz CT molecular complexity index is 391. The molecule has 0 bridgehead atoms. The van der Waals surface area contributed by atoms with Gasteiger partial charge in [0.1, 0.15) is 0 Å². The van der Waals surface area contributed by atoms with E-state index >= 15 is 0 Å². The van der Waals surface area contributed by atoms with E-state index in [1.165, 1.54) is 0 Å². The van der Waals surface area contributed by atoms with Gasteiger partial charge in [0, 0.05) is 18.2 Å². The summed E-state index contributed by atoms with van der Waals surface area (Å²) < 4.78 is 1.82. The number of rotatable bonds is 3. The third-order valence-electron chi connectivity index (χ3n) is 3.61. The lowest BCUT2D eigenvalue weighted by molar-refractivity contribution is -0.139. The average Bonchev–Trinajstić information content (AvgIpc) is 2.41. The maximum atomic E-state index is 10.9. The Balaban J connectivity index is 2.34. The normalized spacial score (nSPS) is 18.5. The van der Waals surface area contributed by atoms with Crippen LogP contribution in [0.4, 0.5) is 0 Å². The maximum absolute atomic E-state index is 10.9. The van der Waals surface area contributed by atoms with Crippen LogP contribution in [0.25, 0.3) is 0 Å². The number of nitrogens with zero attached hydrogens (tertiary/aromatic N) is 2. The van der Waals surface area contributed by atoms with E-state index in [1.807, 2.05) is 24.9 Å².